The zero-order chi connectivity index (χ0) is 22.3. The van der Waals surface area contributed by atoms with Crippen LogP contribution in [-0.2, 0) is 4.79 Å². The van der Waals surface area contributed by atoms with Crippen molar-refractivity contribution >= 4 is 11.6 Å². The molecular weight excluding hydrogens is 417 g/mol. The third kappa shape index (κ3) is 4.91. The van der Waals surface area contributed by atoms with Gasteiger partial charge in [0, 0.05) is 11.6 Å². The van der Waals surface area contributed by atoms with E-state index in [0.717, 1.165) is 5.56 Å². The molecule has 4 rings (SSSR count). The molecule has 1 amide bonds. The molecule has 0 bridgehead atoms. The second-order valence-corrected chi connectivity index (χ2v) is 6.61. The Labute approximate surface area is 182 Å². The Morgan fingerprint density at radius 2 is 1.94 bits per heavy atom. The number of hydrogen-bond donors (Lipinski definition) is 1. The fourth-order valence-corrected chi connectivity index (χ4v) is 2.89. The second-order valence-electron chi connectivity index (χ2n) is 6.61. The third-order valence-electron chi connectivity index (χ3n) is 4.44. The molecule has 2 heterocycles. The number of amides is 1. The van der Waals surface area contributed by atoms with E-state index in [1.807, 2.05) is 24.3 Å². The molecule has 9 nitrogen and oxygen atoms in total. The molecule has 0 saturated heterocycles. The fourth-order valence-electron chi connectivity index (χ4n) is 2.89. The zero-order valence-corrected chi connectivity index (χ0v) is 17.2. The molecule has 2 aromatic heterocycles. The highest BCUT2D eigenvalue weighted by atomic mass is 19.1. The summed E-state index contributed by atoms with van der Waals surface area (Å²) in [6, 6.07) is 16.7. The maximum absolute atomic E-state index is 13.5. The number of rotatable bonds is 9. The Morgan fingerprint density at radius 3 is 2.78 bits per heavy atom. The molecule has 0 unspecified atom stereocenters. The number of nitrogens with one attached hydrogen (secondary N) is 1. The van der Waals surface area contributed by atoms with E-state index in [2.05, 4.69) is 20.6 Å². The summed E-state index contributed by atoms with van der Waals surface area (Å²) in [7, 11) is 1.59. The van der Waals surface area contributed by atoms with Gasteiger partial charge in [0.2, 0.25) is 5.88 Å². The van der Waals surface area contributed by atoms with Crippen molar-refractivity contribution in [2.24, 2.45) is 0 Å². The minimum Gasteiger partial charge on any atom is -0.497 e. The summed E-state index contributed by atoms with van der Waals surface area (Å²) in [6.45, 7) is 0.112. The van der Waals surface area contributed by atoms with E-state index in [9.17, 15) is 9.18 Å². The molecular formula is C22H20FN5O4. The predicted octanol–water partition coefficient (Wildman–Crippen LogP) is 2.51. The molecule has 0 atom stereocenters. The quantitative estimate of drug-likeness (QED) is 0.402. The van der Waals surface area contributed by atoms with Crippen LogP contribution in [0.15, 0.2) is 60.7 Å². The maximum Gasteiger partial charge on any atom is 0.258 e. The normalized spacial score (nSPS) is 10.7. The number of nitrogens with zero attached hydrogens (tertiary/aromatic N) is 4. The lowest BCUT2D eigenvalue weighted by Crippen LogP contribution is -2.32. The lowest BCUT2D eigenvalue weighted by Gasteiger charge is -2.09. The van der Waals surface area contributed by atoms with Crippen molar-refractivity contribution in [1.82, 2.24) is 25.1 Å². The number of benzene rings is 2. The number of aromatic nitrogens is 4. The van der Waals surface area contributed by atoms with Gasteiger partial charge >= 0.3 is 0 Å². The van der Waals surface area contributed by atoms with Gasteiger partial charge in [0.25, 0.3) is 5.91 Å². The van der Waals surface area contributed by atoms with E-state index in [4.69, 9.17) is 14.2 Å². The topological polar surface area (TPSA) is 99.9 Å². The monoisotopic (exact) mass is 437 g/mol. The number of para-hydroxylation sites is 1. The van der Waals surface area contributed by atoms with Crippen molar-refractivity contribution in [2.75, 3.05) is 26.9 Å². The van der Waals surface area contributed by atoms with Gasteiger partial charge < -0.3 is 19.5 Å². The van der Waals surface area contributed by atoms with Gasteiger partial charge in [-0.25, -0.2) is 4.39 Å². The van der Waals surface area contributed by atoms with Crippen LogP contribution in [0.4, 0.5) is 4.39 Å². The number of fused-ring (bicyclic) bond motifs is 1. The molecule has 0 spiro atoms. The van der Waals surface area contributed by atoms with E-state index in [0.29, 0.717) is 23.1 Å². The van der Waals surface area contributed by atoms with Crippen LogP contribution in [0.3, 0.4) is 0 Å². The predicted molar refractivity (Wildman–Crippen MR) is 113 cm³/mol. The molecule has 0 fully saturated rings. The lowest BCUT2D eigenvalue weighted by molar-refractivity contribution is -0.123. The first-order chi connectivity index (χ1) is 15.6. The third-order valence-corrected chi connectivity index (χ3v) is 4.44. The Hall–Kier alpha value is -4.21. The van der Waals surface area contributed by atoms with E-state index in [1.165, 1.54) is 12.1 Å². The standard InChI is InChI=1S/C22H20FN5O4/c1-30-16-6-4-5-15(13-16)22-26-25-19-9-10-21(27-28(19)22)31-12-11-24-20(29)14-32-18-8-3-2-7-17(18)23/h2-10,13H,11-12,14H2,1H3,(H,24,29). The van der Waals surface area contributed by atoms with Gasteiger partial charge in [-0.05, 0) is 30.3 Å². The Bertz CT molecular complexity index is 1230. The lowest BCUT2D eigenvalue weighted by atomic mass is 10.2. The highest BCUT2D eigenvalue weighted by Crippen LogP contribution is 2.23. The first kappa shape index (κ1) is 21.0. The first-order valence-electron chi connectivity index (χ1n) is 9.78. The Morgan fingerprint density at radius 1 is 1.06 bits per heavy atom. The summed E-state index contributed by atoms with van der Waals surface area (Å²) in [5.74, 6) is 0.701. The summed E-state index contributed by atoms with van der Waals surface area (Å²) in [5, 5.41) is 15.4. The van der Waals surface area contributed by atoms with Gasteiger partial charge in [-0.1, -0.05) is 24.3 Å². The van der Waals surface area contributed by atoms with Crippen molar-refractivity contribution in [3.63, 3.8) is 0 Å². The number of halogens is 1. The number of carbonyl (C=O) groups is 1. The van der Waals surface area contributed by atoms with Crippen molar-refractivity contribution < 1.29 is 23.4 Å². The molecule has 1 N–H and O–H groups in total. The zero-order valence-electron chi connectivity index (χ0n) is 17.2. The molecule has 0 radical (unpaired) electrons. The van der Waals surface area contributed by atoms with E-state index >= 15 is 0 Å². The number of carbonyl (C=O) groups excluding carboxylic acids is 1. The number of ether oxygens (including phenoxy) is 3. The van der Waals surface area contributed by atoms with Crippen LogP contribution in [0.25, 0.3) is 17.0 Å². The summed E-state index contributed by atoms with van der Waals surface area (Å²) in [4.78, 5) is 11.9. The van der Waals surface area contributed by atoms with Crippen molar-refractivity contribution in [3.8, 4) is 28.8 Å². The molecule has 0 aliphatic rings. The van der Waals surface area contributed by atoms with Gasteiger partial charge in [0.1, 0.15) is 12.4 Å². The van der Waals surface area contributed by atoms with Crippen LogP contribution in [0.1, 0.15) is 0 Å². The SMILES string of the molecule is COc1cccc(-c2nnc3ccc(OCCNC(=O)COc4ccccc4F)nn23)c1. The number of methoxy groups -OCH3 is 1. The van der Waals surface area contributed by atoms with Gasteiger partial charge in [-0.2, -0.15) is 4.52 Å². The molecule has 2 aromatic carbocycles. The van der Waals surface area contributed by atoms with Crippen LogP contribution in [0.5, 0.6) is 17.4 Å². The Balaban J connectivity index is 1.32. The highest BCUT2D eigenvalue weighted by Gasteiger charge is 2.11. The average molecular weight is 437 g/mol. The summed E-state index contributed by atoms with van der Waals surface area (Å²) >= 11 is 0. The molecule has 0 aliphatic heterocycles. The van der Waals surface area contributed by atoms with Crippen LogP contribution < -0.4 is 19.5 Å². The summed E-state index contributed by atoms with van der Waals surface area (Å²) < 4.78 is 31.1. The largest absolute Gasteiger partial charge is 0.497 e. The molecule has 0 aliphatic carbocycles. The molecule has 10 heteroatoms. The van der Waals surface area contributed by atoms with Crippen LogP contribution in [0, 0.1) is 5.82 Å². The minimum atomic E-state index is -0.521. The van der Waals surface area contributed by atoms with Gasteiger partial charge in [0.15, 0.2) is 29.6 Å². The molecule has 164 valence electrons. The molecule has 0 saturated carbocycles. The van der Waals surface area contributed by atoms with Gasteiger partial charge in [-0.15, -0.1) is 15.3 Å². The molecule has 4 aromatic rings. The Kier molecular flexibility index (Phi) is 6.40. The molecule has 32 heavy (non-hydrogen) atoms. The van der Waals surface area contributed by atoms with E-state index < -0.39 is 5.82 Å². The summed E-state index contributed by atoms with van der Waals surface area (Å²) in [6.07, 6.45) is 0. The second kappa shape index (κ2) is 9.73. The fraction of sp³-hybridized carbons (Fsp3) is 0.182. The van der Waals surface area contributed by atoms with Crippen LogP contribution in [0.2, 0.25) is 0 Å². The van der Waals surface area contributed by atoms with Crippen molar-refractivity contribution in [1.29, 1.82) is 0 Å². The highest BCUT2D eigenvalue weighted by molar-refractivity contribution is 5.77. The van der Waals surface area contributed by atoms with Gasteiger partial charge in [0.05, 0.1) is 13.7 Å². The van der Waals surface area contributed by atoms with Crippen LogP contribution >= 0.6 is 0 Å². The van der Waals surface area contributed by atoms with Crippen LogP contribution in [-0.4, -0.2) is 52.6 Å². The maximum atomic E-state index is 13.5. The number of hydrogen-bond acceptors (Lipinski definition) is 7. The average Bonchev–Trinajstić information content (AvgIpc) is 3.25. The minimum absolute atomic E-state index is 0.0252. The first-order valence-corrected chi connectivity index (χ1v) is 9.78. The van der Waals surface area contributed by atoms with E-state index in [1.54, 1.807) is 35.9 Å². The van der Waals surface area contributed by atoms with Gasteiger partial charge in [-0.3, -0.25) is 4.79 Å². The van der Waals surface area contributed by atoms with Crippen molar-refractivity contribution in [2.45, 2.75) is 0 Å². The van der Waals surface area contributed by atoms with Crippen molar-refractivity contribution in [3.05, 3.63) is 66.5 Å². The summed E-state index contributed by atoms with van der Waals surface area (Å²) in [5.41, 5.74) is 1.36. The smallest absolute Gasteiger partial charge is 0.258 e. The van der Waals surface area contributed by atoms with E-state index in [-0.39, 0.29) is 31.4 Å².